The summed E-state index contributed by atoms with van der Waals surface area (Å²) in [7, 11) is 1.56. The van der Waals surface area contributed by atoms with Gasteiger partial charge in [0.15, 0.2) is 11.6 Å². The number of hydrogen-bond donors (Lipinski definition) is 3. The van der Waals surface area contributed by atoms with Gasteiger partial charge in [0.25, 0.3) is 0 Å². The first-order valence-electron chi connectivity index (χ1n) is 12.6. The van der Waals surface area contributed by atoms with E-state index < -0.39 is 23.5 Å². The second-order valence-corrected chi connectivity index (χ2v) is 10.1. The lowest BCUT2D eigenvalue weighted by Gasteiger charge is -2.34. The summed E-state index contributed by atoms with van der Waals surface area (Å²) < 4.78 is 31.1. The zero-order chi connectivity index (χ0) is 27.2. The zero-order valence-electron chi connectivity index (χ0n) is 22.4. The molecule has 0 spiro atoms. The Morgan fingerprint density at radius 2 is 1.78 bits per heavy atom. The summed E-state index contributed by atoms with van der Waals surface area (Å²) in [5.41, 5.74) is 0.891. The molecule has 1 unspecified atom stereocenters. The minimum absolute atomic E-state index is 0.0296. The van der Waals surface area contributed by atoms with Gasteiger partial charge in [-0.1, -0.05) is 12.8 Å². The Morgan fingerprint density at radius 1 is 1.08 bits per heavy atom. The normalized spacial score (nSPS) is 17.5. The molecule has 1 aliphatic carbocycles. The Kier molecular flexibility index (Phi) is 9.18. The first-order valence-corrected chi connectivity index (χ1v) is 12.6. The molecule has 1 heterocycles. The standard InChI is InChI=1S/C27H37FN4O5/c1-7-36-25(33)19-15-20(28)24(32-23(19)29-17-12-16(2)13-18(14-17)35-6)30-21-10-8-9-11-22(21)31-26(34)37-27(3,4)5/h12-15,21-22H,7-11H2,1-6H3,(H,31,34)(H2,29,30,32)/t21?,22-/m0/s1. The van der Waals surface area contributed by atoms with Gasteiger partial charge in [0.05, 0.1) is 19.8 Å². The van der Waals surface area contributed by atoms with Gasteiger partial charge >= 0.3 is 12.1 Å². The molecular formula is C27H37FN4O5. The van der Waals surface area contributed by atoms with Crippen LogP contribution in [0, 0.1) is 12.7 Å². The van der Waals surface area contributed by atoms with E-state index >= 15 is 4.39 Å². The fourth-order valence-electron chi connectivity index (χ4n) is 4.24. The van der Waals surface area contributed by atoms with Gasteiger partial charge < -0.3 is 30.2 Å². The number of hydrogen-bond acceptors (Lipinski definition) is 8. The lowest BCUT2D eigenvalue weighted by atomic mass is 9.90. The molecule has 202 valence electrons. The number of carbonyl (C=O) groups excluding carboxylic acids is 2. The monoisotopic (exact) mass is 516 g/mol. The van der Waals surface area contributed by atoms with E-state index in [9.17, 15) is 9.59 Å². The highest BCUT2D eigenvalue weighted by Crippen LogP contribution is 2.29. The molecule has 1 aliphatic rings. The highest BCUT2D eigenvalue weighted by Gasteiger charge is 2.30. The molecule has 1 amide bonds. The second kappa shape index (κ2) is 12.1. The Balaban J connectivity index is 1.90. The van der Waals surface area contributed by atoms with Crippen molar-refractivity contribution in [3.8, 4) is 5.75 Å². The van der Waals surface area contributed by atoms with Crippen LogP contribution < -0.4 is 20.7 Å². The van der Waals surface area contributed by atoms with Crippen LogP contribution in [-0.4, -0.2) is 48.4 Å². The molecule has 2 aromatic rings. The number of carbonyl (C=O) groups is 2. The average Bonchev–Trinajstić information content (AvgIpc) is 2.80. The molecule has 1 aromatic carbocycles. The molecule has 3 rings (SSSR count). The van der Waals surface area contributed by atoms with Gasteiger partial charge in [-0.15, -0.1) is 0 Å². The minimum Gasteiger partial charge on any atom is -0.497 e. The summed E-state index contributed by atoms with van der Waals surface area (Å²) in [5, 5.41) is 9.17. The van der Waals surface area contributed by atoms with Crippen LogP contribution in [0.3, 0.4) is 0 Å². The van der Waals surface area contributed by atoms with E-state index in [1.54, 1.807) is 40.9 Å². The van der Waals surface area contributed by atoms with Crippen molar-refractivity contribution in [2.75, 3.05) is 24.4 Å². The minimum atomic E-state index is -0.697. The van der Waals surface area contributed by atoms with E-state index in [4.69, 9.17) is 14.2 Å². The summed E-state index contributed by atoms with van der Waals surface area (Å²) in [6.07, 6.45) is 2.75. The molecule has 0 radical (unpaired) electrons. The van der Waals surface area contributed by atoms with Crippen LogP contribution in [0.15, 0.2) is 24.3 Å². The second-order valence-electron chi connectivity index (χ2n) is 10.1. The molecule has 0 aliphatic heterocycles. The Bertz CT molecular complexity index is 1120. The molecule has 10 heteroatoms. The summed E-state index contributed by atoms with van der Waals surface area (Å²) in [6.45, 7) is 9.12. The third kappa shape index (κ3) is 7.96. The third-order valence-corrected chi connectivity index (χ3v) is 5.81. The maximum atomic E-state index is 15.2. The number of amides is 1. The molecule has 9 nitrogen and oxygen atoms in total. The lowest BCUT2D eigenvalue weighted by molar-refractivity contribution is 0.0485. The predicted octanol–water partition coefficient (Wildman–Crippen LogP) is 5.71. The quantitative estimate of drug-likeness (QED) is 0.383. The largest absolute Gasteiger partial charge is 0.497 e. The van der Waals surface area contributed by atoms with Crippen LogP contribution in [0.1, 0.15) is 69.3 Å². The van der Waals surface area contributed by atoms with Gasteiger partial charge in [0.2, 0.25) is 0 Å². The van der Waals surface area contributed by atoms with Crippen LogP contribution in [-0.2, 0) is 9.47 Å². The maximum absolute atomic E-state index is 15.2. The average molecular weight is 517 g/mol. The number of anilines is 3. The van der Waals surface area contributed by atoms with Crippen molar-refractivity contribution in [1.29, 1.82) is 0 Å². The van der Waals surface area contributed by atoms with Crippen LogP contribution in [0.2, 0.25) is 0 Å². The number of methoxy groups -OCH3 is 1. The van der Waals surface area contributed by atoms with E-state index in [2.05, 4.69) is 20.9 Å². The highest BCUT2D eigenvalue weighted by atomic mass is 19.1. The fourth-order valence-corrected chi connectivity index (χ4v) is 4.24. The summed E-state index contributed by atoms with van der Waals surface area (Å²) in [6, 6.07) is 6.04. The van der Waals surface area contributed by atoms with Crippen molar-refractivity contribution in [3.63, 3.8) is 0 Å². The van der Waals surface area contributed by atoms with E-state index in [1.165, 1.54) is 0 Å². The van der Waals surface area contributed by atoms with Gasteiger partial charge in [-0.25, -0.2) is 19.0 Å². The molecular weight excluding hydrogens is 479 g/mol. The molecule has 0 saturated heterocycles. The molecule has 1 saturated carbocycles. The van der Waals surface area contributed by atoms with E-state index in [0.29, 0.717) is 24.3 Å². The van der Waals surface area contributed by atoms with Crippen LogP contribution >= 0.6 is 0 Å². The number of aromatic nitrogens is 1. The number of ether oxygens (including phenoxy) is 3. The summed E-state index contributed by atoms with van der Waals surface area (Å²) in [5.74, 6) is -0.652. The summed E-state index contributed by atoms with van der Waals surface area (Å²) in [4.78, 5) is 29.4. The van der Waals surface area contributed by atoms with Gasteiger partial charge in [-0.2, -0.15) is 0 Å². The van der Waals surface area contributed by atoms with Gasteiger partial charge in [-0.05, 0) is 71.2 Å². The molecule has 37 heavy (non-hydrogen) atoms. The first-order chi connectivity index (χ1) is 17.5. The van der Waals surface area contributed by atoms with E-state index in [-0.39, 0.29) is 35.9 Å². The Hall–Kier alpha value is -3.56. The fraction of sp³-hybridized carbons (Fsp3) is 0.519. The Labute approximate surface area is 217 Å². The van der Waals surface area contributed by atoms with Crippen LogP contribution in [0.25, 0.3) is 0 Å². The van der Waals surface area contributed by atoms with Gasteiger partial charge in [-0.3, -0.25) is 0 Å². The molecule has 3 N–H and O–H groups in total. The third-order valence-electron chi connectivity index (χ3n) is 5.81. The number of nitrogens with one attached hydrogen (secondary N) is 3. The molecule has 1 aromatic heterocycles. The van der Waals surface area contributed by atoms with Crippen molar-refractivity contribution in [3.05, 3.63) is 41.2 Å². The molecule has 2 atom stereocenters. The van der Waals surface area contributed by atoms with Gasteiger partial charge in [0.1, 0.15) is 22.7 Å². The van der Waals surface area contributed by atoms with Crippen molar-refractivity contribution in [1.82, 2.24) is 10.3 Å². The maximum Gasteiger partial charge on any atom is 0.407 e. The Morgan fingerprint density at radius 3 is 2.43 bits per heavy atom. The lowest BCUT2D eigenvalue weighted by Crippen LogP contribution is -2.50. The van der Waals surface area contributed by atoms with Crippen molar-refractivity contribution in [2.24, 2.45) is 0 Å². The number of esters is 1. The topological polar surface area (TPSA) is 111 Å². The zero-order valence-corrected chi connectivity index (χ0v) is 22.4. The van der Waals surface area contributed by atoms with Crippen LogP contribution in [0.5, 0.6) is 5.75 Å². The molecule has 0 bridgehead atoms. The SMILES string of the molecule is CCOC(=O)c1cc(F)c(NC2CCCC[C@@H]2NC(=O)OC(C)(C)C)nc1Nc1cc(C)cc(OC)c1. The number of halogens is 1. The van der Waals surface area contributed by atoms with E-state index in [1.807, 2.05) is 19.1 Å². The highest BCUT2D eigenvalue weighted by molar-refractivity contribution is 5.96. The predicted molar refractivity (Wildman–Crippen MR) is 140 cm³/mol. The van der Waals surface area contributed by atoms with E-state index in [0.717, 1.165) is 24.5 Å². The number of benzene rings is 1. The first kappa shape index (κ1) is 28.0. The number of rotatable bonds is 8. The molecule has 1 fully saturated rings. The van der Waals surface area contributed by atoms with Gasteiger partial charge in [0, 0.05) is 17.8 Å². The number of nitrogens with zero attached hydrogens (tertiary/aromatic N) is 1. The number of alkyl carbamates (subject to hydrolysis) is 1. The van der Waals surface area contributed by atoms with Crippen molar-refractivity contribution >= 4 is 29.4 Å². The smallest absolute Gasteiger partial charge is 0.407 e. The van der Waals surface area contributed by atoms with Crippen molar-refractivity contribution in [2.45, 2.75) is 78.0 Å². The number of aryl methyl sites for hydroxylation is 1. The summed E-state index contributed by atoms with van der Waals surface area (Å²) >= 11 is 0. The number of pyridine rings is 1. The van der Waals surface area contributed by atoms with Crippen molar-refractivity contribution < 1.29 is 28.2 Å². The van der Waals surface area contributed by atoms with Crippen LogP contribution in [0.4, 0.5) is 26.5 Å².